The van der Waals surface area contributed by atoms with Gasteiger partial charge in [-0.2, -0.15) is 0 Å². The van der Waals surface area contributed by atoms with Crippen LogP contribution in [0, 0.1) is 5.92 Å². The van der Waals surface area contributed by atoms with E-state index in [0.29, 0.717) is 30.6 Å². The molecule has 1 aliphatic heterocycles. The predicted octanol–water partition coefficient (Wildman–Crippen LogP) is 1.88. The molecule has 2 aromatic rings. The molecule has 28 heavy (non-hydrogen) atoms. The molecule has 1 fully saturated rings. The Bertz CT molecular complexity index is 815. The first kappa shape index (κ1) is 20.4. The number of thioether (sulfide) groups is 1. The third-order valence-electron chi connectivity index (χ3n) is 4.95. The van der Waals surface area contributed by atoms with Gasteiger partial charge in [0.15, 0.2) is 0 Å². The van der Waals surface area contributed by atoms with E-state index in [-0.39, 0.29) is 17.6 Å². The summed E-state index contributed by atoms with van der Waals surface area (Å²) < 4.78 is 0. The highest BCUT2D eigenvalue weighted by Gasteiger charge is 2.33. The summed E-state index contributed by atoms with van der Waals surface area (Å²) in [5.74, 6) is 0.404. The molecule has 2 aromatic carbocycles. The number of nitrogens with two attached hydrogens (primary N) is 2. The van der Waals surface area contributed by atoms with Crippen LogP contribution < -0.4 is 16.8 Å². The molecule has 5 N–H and O–H groups in total. The summed E-state index contributed by atoms with van der Waals surface area (Å²) in [6.45, 7) is 2.54. The zero-order valence-electron chi connectivity index (χ0n) is 15.7. The van der Waals surface area contributed by atoms with Crippen molar-refractivity contribution < 1.29 is 9.59 Å². The van der Waals surface area contributed by atoms with E-state index in [1.165, 1.54) is 17.3 Å². The molecular formula is C21H26N4O2S. The number of likely N-dealkylation sites (tertiary alicyclic amines) is 1. The Labute approximate surface area is 169 Å². The van der Waals surface area contributed by atoms with Crippen molar-refractivity contribution in [1.29, 1.82) is 0 Å². The van der Waals surface area contributed by atoms with E-state index in [4.69, 9.17) is 11.5 Å². The normalized spacial score (nSPS) is 19.5. The number of rotatable bonds is 8. The molecule has 6 nitrogen and oxygen atoms in total. The van der Waals surface area contributed by atoms with Crippen LogP contribution in [-0.4, -0.2) is 48.6 Å². The Morgan fingerprint density at radius 1 is 1.07 bits per heavy atom. The number of anilines is 1. The molecule has 0 radical (unpaired) electrons. The monoisotopic (exact) mass is 398 g/mol. The molecular weight excluding hydrogens is 372 g/mol. The van der Waals surface area contributed by atoms with Crippen LogP contribution >= 0.6 is 11.8 Å². The van der Waals surface area contributed by atoms with Gasteiger partial charge in [-0.3, -0.25) is 14.5 Å². The number of carbonyl (C=O) groups is 2. The highest BCUT2D eigenvalue weighted by molar-refractivity contribution is 8.00. The van der Waals surface area contributed by atoms with Gasteiger partial charge in [0.1, 0.15) is 0 Å². The predicted molar refractivity (Wildman–Crippen MR) is 113 cm³/mol. The second-order valence-electron chi connectivity index (χ2n) is 7.01. The highest BCUT2D eigenvalue weighted by atomic mass is 32.2. The lowest BCUT2D eigenvalue weighted by Crippen LogP contribution is -2.32. The van der Waals surface area contributed by atoms with Gasteiger partial charge in [0, 0.05) is 23.9 Å². The minimum Gasteiger partial charge on any atom is -0.369 e. The number of hydrogen-bond donors (Lipinski definition) is 3. The van der Waals surface area contributed by atoms with Crippen molar-refractivity contribution in [1.82, 2.24) is 4.90 Å². The van der Waals surface area contributed by atoms with Crippen molar-refractivity contribution in [3.05, 3.63) is 60.2 Å². The van der Waals surface area contributed by atoms with Crippen LogP contribution in [0.2, 0.25) is 0 Å². The number of hydrogen-bond acceptors (Lipinski definition) is 5. The highest BCUT2D eigenvalue weighted by Crippen LogP contribution is 2.32. The molecule has 1 aliphatic rings. The maximum absolute atomic E-state index is 12.6. The molecule has 2 atom stereocenters. The molecule has 148 valence electrons. The van der Waals surface area contributed by atoms with E-state index in [1.54, 1.807) is 0 Å². The smallest absolute Gasteiger partial charge is 0.238 e. The standard InChI is InChI=1S/C21H26N4O2S/c22-10-16-11-25(12-17(16)15-6-2-1-3-7-15)13-21(27)24-18-8-4-5-9-19(18)28-14-20(23)26/h1-9,16-17H,10-14,22H2,(H2,23,26)(H,24,27)/t16-,17+/m1/s1. The zero-order chi connectivity index (χ0) is 19.9. The Balaban J connectivity index is 1.60. The van der Waals surface area contributed by atoms with Crippen LogP contribution in [-0.2, 0) is 9.59 Å². The molecule has 7 heteroatoms. The van der Waals surface area contributed by atoms with Gasteiger partial charge in [0.05, 0.1) is 18.0 Å². The molecule has 0 saturated carbocycles. The van der Waals surface area contributed by atoms with Gasteiger partial charge in [0.2, 0.25) is 11.8 Å². The molecule has 0 aliphatic carbocycles. The van der Waals surface area contributed by atoms with Crippen LogP contribution in [0.4, 0.5) is 5.69 Å². The van der Waals surface area contributed by atoms with Crippen molar-refractivity contribution in [2.75, 3.05) is 37.2 Å². The fourth-order valence-electron chi connectivity index (χ4n) is 3.64. The molecule has 3 rings (SSSR count). The molecule has 1 saturated heterocycles. The summed E-state index contributed by atoms with van der Waals surface area (Å²) in [6, 6.07) is 17.8. The fraction of sp³-hybridized carbons (Fsp3) is 0.333. The van der Waals surface area contributed by atoms with Crippen LogP contribution in [0.3, 0.4) is 0 Å². The number of para-hydroxylation sites is 1. The van der Waals surface area contributed by atoms with Gasteiger partial charge < -0.3 is 16.8 Å². The number of primary amides is 1. The van der Waals surface area contributed by atoms with Crippen molar-refractivity contribution in [2.24, 2.45) is 17.4 Å². The van der Waals surface area contributed by atoms with E-state index in [0.717, 1.165) is 18.0 Å². The number of benzene rings is 2. The van der Waals surface area contributed by atoms with Crippen LogP contribution in [0.15, 0.2) is 59.5 Å². The van der Waals surface area contributed by atoms with Crippen molar-refractivity contribution in [2.45, 2.75) is 10.8 Å². The number of nitrogens with one attached hydrogen (secondary N) is 1. The van der Waals surface area contributed by atoms with Gasteiger partial charge in [-0.15, -0.1) is 11.8 Å². The number of carbonyl (C=O) groups excluding carboxylic acids is 2. The molecule has 1 heterocycles. The quantitative estimate of drug-likeness (QED) is 0.590. The maximum Gasteiger partial charge on any atom is 0.238 e. The number of amides is 2. The van der Waals surface area contributed by atoms with E-state index in [1.807, 2.05) is 42.5 Å². The van der Waals surface area contributed by atoms with Gasteiger partial charge in [-0.25, -0.2) is 0 Å². The SMILES string of the molecule is NC[C@@H]1CN(CC(=O)Nc2ccccc2SCC(N)=O)C[C@H]1c1ccccc1. The topological polar surface area (TPSA) is 101 Å². The maximum atomic E-state index is 12.6. The summed E-state index contributed by atoms with van der Waals surface area (Å²) in [7, 11) is 0. The van der Waals surface area contributed by atoms with Gasteiger partial charge in [-0.05, 0) is 30.2 Å². The third-order valence-corrected chi connectivity index (χ3v) is 6.04. The first-order valence-electron chi connectivity index (χ1n) is 9.34. The first-order valence-corrected chi connectivity index (χ1v) is 10.3. The Hall–Kier alpha value is -2.35. The Kier molecular flexibility index (Phi) is 7.08. The largest absolute Gasteiger partial charge is 0.369 e. The van der Waals surface area contributed by atoms with Crippen LogP contribution in [0.5, 0.6) is 0 Å². The van der Waals surface area contributed by atoms with Crippen LogP contribution in [0.25, 0.3) is 0 Å². The average Bonchev–Trinajstić information content (AvgIpc) is 3.10. The van der Waals surface area contributed by atoms with E-state index >= 15 is 0 Å². The van der Waals surface area contributed by atoms with Crippen molar-refractivity contribution in [3.63, 3.8) is 0 Å². The van der Waals surface area contributed by atoms with Crippen molar-refractivity contribution in [3.8, 4) is 0 Å². The lowest BCUT2D eigenvalue weighted by molar-refractivity contribution is -0.117. The average molecular weight is 399 g/mol. The minimum atomic E-state index is -0.386. The summed E-state index contributed by atoms with van der Waals surface area (Å²) in [5, 5.41) is 2.96. The zero-order valence-corrected chi connectivity index (χ0v) is 16.5. The van der Waals surface area contributed by atoms with Gasteiger partial charge >= 0.3 is 0 Å². The molecule has 0 spiro atoms. The first-order chi connectivity index (χ1) is 13.6. The summed E-state index contributed by atoms with van der Waals surface area (Å²) in [6.07, 6.45) is 0. The molecule has 0 bridgehead atoms. The van der Waals surface area contributed by atoms with Crippen LogP contribution in [0.1, 0.15) is 11.5 Å². The minimum absolute atomic E-state index is 0.0726. The second kappa shape index (κ2) is 9.73. The summed E-state index contributed by atoms with van der Waals surface area (Å²) in [4.78, 5) is 26.6. The van der Waals surface area contributed by atoms with E-state index in [2.05, 4.69) is 22.3 Å². The van der Waals surface area contributed by atoms with E-state index in [9.17, 15) is 9.59 Å². The molecule has 0 unspecified atom stereocenters. The lowest BCUT2D eigenvalue weighted by atomic mass is 9.89. The third kappa shape index (κ3) is 5.34. The Morgan fingerprint density at radius 3 is 2.50 bits per heavy atom. The molecule has 2 amide bonds. The Morgan fingerprint density at radius 2 is 1.79 bits per heavy atom. The van der Waals surface area contributed by atoms with E-state index < -0.39 is 0 Å². The molecule has 0 aromatic heterocycles. The fourth-order valence-corrected chi connectivity index (χ4v) is 4.39. The lowest BCUT2D eigenvalue weighted by Gasteiger charge is -2.17. The summed E-state index contributed by atoms with van der Waals surface area (Å²) >= 11 is 1.32. The number of nitrogens with zero attached hydrogens (tertiary/aromatic N) is 1. The second-order valence-corrected chi connectivity index (χ2v) is 8.02. The van der Waals surface area contributed by atoms with Crippen molar-refractivity contribution >= 4 is 29.3 Å². The van der Waals surface area contributed by atoms with Gasteiger partial charge in [-0.1, -0.05) is 42.5 Å². The van der Waals surface area contributed by atoms with Gasteiger partial charge in [0.25, 0.3) is 0 Å². The summed E-state index contributed by atoms with van der Waals surface area (Å²) in [5.41, 5.74) is 13.2.